The van der Waals surface area contributed by atoms with Crippen molar-refractivity contribution < 1.29 is 74.4 Å². The van der Waals surface area contributed by atoms with E-state index in [1.54, 1.807) is 131 Å². The zero-order valence-electron chi connectivity index (χ0n) is 45.4. The summed E-state index contributed by atoms with van der Waals surface area (Å²) >= 11 is 0. The molecule has 6 aromatic rings. The first kappa shape index (κ1) is 60.2. The lowest BCUT2D eigenvalue weighted by molar-refractivity contribution is -0.155. The highest BCUT2D eigenvalue weighted by Crippen LogP contribution is 2.38. The van der Waals surface area contributed by atoms with Gasteiger partial charge in [-0.3, -0.25) is 24.1 Å². The van der Waals surface area contributed by atoms with Gasteiger partial charge in [-0.1, -0.05) is 36.4 Å². The molecule has 0 unspecified atom stereocenters. The summed E-state index contributed by atoms with van der Waals surface area (Å²) in [7, 11) is 0. The monoisotopic (exact) mass is 1130 g/mol. The van der Waals surface area contributed by atoms with Crippen LogP contribution in [0.25, 0.3) is 11.4 Å². The molecule has 81 heavy (non-hydrogen) atoms. The number of aliphatic carboxylic acids is 1. The number of alkyl halides is 6. The van der Waals surface area contributed by atoms with Gasteiger partial charge in [0.05, 0.1) is 43.2 Å². The number of fused-ring (bicyclic) bond motifs is 2. The van der Waals surface area contributed by atoms with Gasteiger partial charge in [-0.15, -0.1) is 0 Å². The molecule has 3 amide bonds. The van der Waals surface area contributed by atoms with Crippen molar-refractivity contribution in [2.24, 2.45) is 0 Å². The number of rotatable bonds is 18. The topological polar surface area (TPSA) is 200 Å². The SMILES string of the molecule is CC(C)(C)OC(=O)CCN(CC(=O)N1CCc2cc(OCc3cnn(-c4ccccc4)c3C(F)(F)F)ccc21)C(=O)OC(C)(C)C.O=C(O)CCNCC(=O)N1CCc2cc(OCc3cnn(-c4ccccc4)c3C(F)(F)F)ccc21. The summed E-state index contributed by atoms with van der Waals surface area (Å²) in [4.78, 5) is 66.0. The van der Waals surface area contributed by atoms with E-state index in [0.717, 1.165) is 32.9 Å². The van der Waals surface area contributed by atoms with Crippen LogP contribution in [0.1, 0.15) is 88.0 Å². The molecule has 0 aliphatic carbocycles. The minimum absolute atomic E-state index is 0.0105. The van der Waals surface area contributed by atoms with Crippen LogP contribution in [-0.2, 0) is 67.1 Å². The number of carbonyl (C=O) groups is 5. The van der Waals surface area contributed by atoms with Crippen molar-refractivity contribution >= 4 is 41.2 Å². The number of nitrogens with zero attached hydrogens (tertiary/aromatic N) is 7. The molecule has 0 spiro atoms. The van der Waals surface area contributed by atoms with Crippen molar-refractivity contribution in [3.63, 3.8) is 0 Å². The molecule has 432 valence electrons. The molecule has 18 nitrogen and oxygen atoms in total. The molecule has 0 bridgehead atoms. The maximum absolute atomic E-state index is 14.0. The van der Waals surface area contributed by atoms with Crippen LogP contribution in [0.4, 0.5) is 42.5 Å². The number of amides is 3. The Bertz CT molecular complexity index is 3190. The van der Waals surface area contributed by atoms with E-state index in [1.807, 2.05) is 0 Å². The van der Waals surface area contributed by atoms with Crippen molar-refractivity contribution in [1.29, 1.82) is 0 Å². The molecule has 0 saturated heterocycles. The van der Waals surface area contributed by atoms with Gasteiger partial charge in [-0.05, 0) is 126 Å². The molecular formula is C57H62F6N8O10. The Morgan fingerprint density at radius 1 is 0.617 bits per heavy atom. The Labute approximate surface area is 463 Å². The molecule has 0 saturated carbocycles. The van der Waals surface area contributed by atoms with Crippen LogP contribution < -0.4 is 24.6 Å². The zero-order valence-corrected chi connectivity index (χ0v) is 45.4. The number of hydrogen-bond acceptors (Lipinski definition) is 12. The Morgan fingerprint density at radius 2 is 1.07 bits per heavy atom. The Kier molecular flexibility index (Phi) is 18.9. The summed E-state index contributed by atoms with van der Waals surface area (Å²) in [6.07, 6.45) is -6.88. The lowest BCUT2D eigenvalue weighted by atomic mass is 10.1. The number of benzene rings is 4. The maximum atomic E-state index is 14.0. The largest absolute Gasteiger partial charge is 0.489 e. The van der Waals surface area contributed by atoms with Crippen molar-refractivity contribution in [2.75, 3.05) is 49.1 Å². The van der Waals surface area contributed by atoms with Crippen LogP contribution in [0.15, 0.2) is 109 Å². The van der Waals surface area contributed by atoms with E-state index in [0.29, 0.717) is 54.5 Å². The minimum Gasteiger partial charge on any atom is -0.489 e. The van der Waals surface area contributed by atoms with E-state index < -0.39 is 53.0 Å². The second-order valence-corrected chi connectivity index (χ2v) is 20.8. The summed E-state index contributed by atoms with van der Waals surface area (Å²) in [5, 5.41) is 19.4. The quantitative estimate of drug-likeness (QED) is 0.0469. The summed E-state index contributed by atoms with van der Waals surface area (Å²) in [5.41, 5.74) is -0.0562. The number of aromatic nitrogens is 4. The molecule has 0 radical (unpaired) electrons. The lowest BCUT2D eigenvalue weighted by Gasteiger charge is -2.29. The molecule has 2 aromatic heterocycles. The van der Waals surface area contributed by atoms with Gasteiger partial charge in [-0.25, -0.2) is 14.2 Å². The van der Waals surface area contributed by atoms with Crippen LogP contribution in [0, 0.1) is 0 Å². The number of hydrogen-bond donors (Lipinski definition) is 2. The Hall–Kier alpha value is -8.41. The summed E-state index contributed by atoms with van der Waals surface area (Å²) in [6.45, 7) is 10.2. The first-order valence-corrected chi connectivity index (χ1v) is 25.8. The molecule has 2 aliphatic heterocycles. The van der Waals surface area contributed by atoms with Gasteiger partial charge in [0.15, 0.2) is 11.4 Å². The summed E-state index contributed by atoms with van der Waals surface area (Å²) < 4.78 is 107. The van der Waals surface area contributed by atoms with Crippen molar-refractivity contribution in [3.8, 4) is 22.9 Å². The van der Waals surface area contributed by atoms with E-state index in [9.17, 15) is 50.3 Å². The van der Waals surface area contributed by atoms with Crippen LogP contribution in [0.2, 0.25) is 0 Å². The molecule has 4 aromatic carbocycles. The fourth-order valence-electron chi connectivity index (χ4n) is 8.80. The zero-order chi connectivity index (χ0) is 58.9. The van der Waals surface area contributed by atoms with Crippen LogP contribution in [0.3, 0.4) is 0 Å². The number of carbonyl (C=O) groups excluding carboxylic acids is 4. The third-order valence-corrected chi connectivity index (χ3v) is 12.3. The summed E-state index contributed by atoms with van der Waals surface area (Å²) in [5.74, 6) is -1.31. The molecule has 2 N–H and O–H groups in total. The van der Waals surface area contributed by atoms with Crippen LogP contribution in [-0.4, -0.2) is 110 Å². The Balaban J connectivity index is 0.000000242. The minimum atomic E-state index is -4.66. The summed E-state index contributed by atoms with van der Waals surface area (Å²) in [6, 6.07) is 26.1. The molecular weight excluding hydrogens is 1070 g/mol. The number of carboxylic acid groups (broad SMARTS) is 1. The van der Waals surface area contributed by atoms with Crippen molar-refractivity contribution in [3.05, 3.63) is 143 Å². The third kappa shape index (κ3) is 16.4. The van der Waals surface area contributed by atoms with Crippen molar-refractivity contribution in [1.82, 2.24) is 29.8 Å². The van der Waals surface area contributed by atoms with Crippen LogP contribution >= 0.6 is 0 Å². The third-order valence-electron chi connectivity index (χ3n) is 12.3. The predicted octanol–water partition coefficient (Wildman–Crippen LogP) is 9.75. The molecule has 8 rings (SSSR count). The van der Waals surface area contributed by atoms with Gasteiger partial charge in [0, 0.05) is 48.7 Å². The Morgan fingerprint density at radius 3 is 1.51 bits per heavy atom. The fourth-order valence-corrected chi connectivity index (χ4v) is 8.80. The van der Waals surface area contributed by atoms with Crippen LogP contribution in [0.5, 0.6) is 11.5 Å². The number of carboxylic acids is 1. The van der Waals surface area contributed by atoms with Gasteiger partial charge in [0.25, 0.3) is 0 Å². The molecule has 0 atom stereocenters. The van der Waals surface area contributed by atoms with Gasteiger partial charge in [0.2, 0.25) is 11.8 Å². The predicted molar refractivity (Wildman–Crippen MR) is 284 cm³/mol. The van der Waals surface area contributed by atoms with Crippen molar-refractivity contribution in [2.45, 2.75) is 104 Å². The maximum Gasteiger partial charge on any atom is 0.433 e. The number of esters is 1. The van der Waals surface area contributed by atoms with E-state index in [4.69, 9.17) is 24.1 Å². The smallest absolute Gasteiger partial charge is 0.433 e. The number of halogens is 6. The van der Waals surface area contributed by atoms with E-state index >= 15 is 0 Å². The highest BCUT2D eigenvalue weighted by Gasteiger charge is 2.40. The molecule has 2 aliphatic rings. The van der Waals surface area contributed by atoms with Gasteiger partial charge in [-0.2, -0.15) is 36.5 Å². The van der Waals surface area contributed by atoms with E-state index in [-0.39, 0.29) is 80.9 Å². The second kappa shape index (κ2) is 25.4. The van der Waals surface area contributed by atoms with E-state index in [1.165, 1.54) is 21.9 Å². The average molecular weight is 1130 g/mol. The fraction of sp³-hybridized carbons (Fsp3) is 0.386. The first-order chi connectivity index (χ1) is 38.1. The molecule has 4 heterocycles. The number of para-hydroxylation sites is 2. The number of anilines is 2. The first-order valence-electron chi connectivity index (χ1n) is 25.8. The van der Waals surface area contributed by atoms with Gasteiger partial charge >= 0.3 is 30.4 Å². The van der Waals surface area contributed by atoms with Gasteiger partial charge < -0.3 is 39.2 Å². The normalized spacial score (nSPS) is 13.2. The lowest BCUT2D eigenvalue weighted by Crippen LogP contribution is -2.45. The molecule has 24 heteroatoms. The van der Waals surface area contributed by atoms with E-state index in [2.05, 4.69) is 15.5 Å². The molecule has 0 fully saturated rings. The highest BCUT2D eigenvalue weighted by atomic mass is 19.4. The second-order valence-electron chi connectivity index (χ2n) is 20.8. The standard InChI is InChI=1S/C33H39F3N4O6.C24H23F3N4O4/c1-31(2,3)45-28(42)15-16-38(30(43)46-32(4,5)6)20-27(41)39-17-14-22-18-25(12-13-26(22)39)44-21-23-19-37-40(29(23)33(34,35)36)24-10-8-7-9-11-24;25-24(26,27)23-17(13-29-31(23)18-4-2-1-3-5-18)15-35-19-6-7-20-16(12-19)9-11-30(20)21(32)14-28-10-8-22(33)34/h7-13,18-19H,14-17,20-21H2,1-6H3;1-7,12-13,28H,8-11,14-15H2,(H,33,34). The number of nitrogens with one attached hydrogen (secondary N) is 1. The highest BCUT2D eigenvalue weighted by molar-refractivity contribution is 5.98. The average Bonchev–Trinajstić information content (AvgIpc) is 4.23. The number of ether oxygens (including phenoxy) is 4. The van der Waals surface area contributed by atoms with Gasteiger partial charge in [0.1, 0.15) is 42.5 Å².